The molecule has 0 saturated carbocycles. The SMILES string of the molecule is CC1CN(c2ccc(C(C)N)nc2)CCS1. The van der Waals surface area contributed by atoms with Gasteiger partial charge in [-0.1, -0.05) is 6.92 Å². The third kappa shape index (κ3) is 2.68. The molecule has 1 aromatic heterocycles. The number of aromatic nitrogens is 1. The minimum absolute atomic E-state index is 0.0184. The van der Waals surface area contributed by atoms with Crippen molar-refractivity contribution in [3.63, 3.8) is 0 Å². The molecule has 0 spiro atoms. The van der Waals surface area contributed by atoms with Crippen molar-refractivity contribution in [3.05, 3.63) is 24.0 Å². The zero-order valence-corrected chi connectivity index (χ0v) is 10.7. The first kappa shape index (κ1) is 11.7. The molecular weight excluding hydrogens is 218 g/mol. The molecule has 0 aromatic carbocycles. The molecule has 0 aliphatic carbocycles. The van der Waals surface area contributed by atoms with Crippen LogP contribution in [0, 0.1) is 0 Å². The Labute approximate surface area is 101 Å². The second-order valence-electron chi connectivity index (χ2n) is 4.36. The molecule has 1 aromatic rings. The second kappa shape index (κ2) is 5.06. The first-order chi connectivity index (χ1) is 7.66. The molecule has 2 rings (SSSR count). The van der Waals surface area contributed by atoms with Gasteiger partial charge in [0.05, 0.1) is 17.6 Å². The maximum absolute atomic E-state index is 5.78. The smallest absolute Gasteiger partial charge is 0.0569 e. The quantitative estimate of drug-likeness (QED) is 0.855. The Hall–Kier alpha value is -0.740. The van der Waals surface area contributed by atoms with Gasteiger partial charge in [-0.05, 0) is 19.1 Å². The number of anilines is 1. The fourth-order valence-corrected chi connectivity index (χ4v) is 2.92. The van der Waals surface area contributed by atoms with Gasteiger partial charge in [-0.2, -0.15) is 11.8 Å². The number of rotatable bonds is 2. The Morgan fingerprint density at radius 1 is 1.56 bits per heavy atom. The maximum Gasteiger partial charge on any atom is 0.0569 e. The van der Waals surface area contributed by atoms with Gasteiger partial charge >= 0.3 is 0 Å². The van der Waals surface area contributed by atoms with Crippen molar-refractivity contribution in [2.24, 2.45) is 5.73 Å². The molecule has 3 nitrogen and oxygen atoms in total. The molecule has 88 valence electrons. The van der Waals surface area contributed by atoms with E-state index in [0.29, 0.717) is 5.25 Å². The summed E-state index contributed by atoms with van der Waals surface area (Å²) in [6.45, 7) is 6.47. The van der Waals surface area contributed by atoms with Crippen molar-refractivity contribution in [3.8, 4) is 0 Å². The van der Waals surface area contributed by atoms with Crippen LogP contribution in [0.25, 0.3) is 0 Å². The lowest BCUT2D eigenvalue weighted by molar-refractivity contribution is 0.763. The molecule has 4 heteroatoms. The standard InChI is InChI=1S/C12H19N3S/c1-9-8-15(5-6-16-9)11-3-4-12(10(2)13)14-7-11/h3-4,7,9-10H,5-6,8,13H2,1-2H3. The fourth-order valence-electron chi connectivity index (χ4n) is 1.91. The molecule has 16 heavy (non-hydrogen) atoms. The highest BCUT2D eigenvalue weighted by molar-refractivity contribution is 8.00. The molecule has 1 aliphatic rings. The normalized spacial score (nSPS) is 23.2. The number of nitrogens with two attached hydrogens (primary N) is 1. The highest BCUT2D eigenvalue weighted by Crippen LogP contribution is 2.23. The van der Waals surface area contributed by atoms with E-state index in [1.54, 1.807) is 0 Å². The van der Waals surface area contributed by atoms with Crippen LogP contribution in [0.15, 0.2) is 18.3 Å². The van der Waals surface area contributed by atoms with Crippen molar-refractivity contribution < 1.29 is 0 Å². The Balaban J connectivity index is 2.09. The van der Waals surface area contributed by atoms with Crippen LogP contribution in [-0.4, -0.2) is 29.1 Å². The summed E-state index contributed by atoms with van der Waals surface area (Å²) in [7, 11) is 0. The van der Waals surface area contributed by atoms with E-state index in [1.165, 1.54) is 11.4 Å². The lowest BCUT2D eigenvalue weighted by Gasteiger charge is -2.32. The summed E-state index contributed by atoms with van der Waals surface area (Å²) < 4.78 is 0. The van der Waals surface area contributed by atoms with E-state index in [2.05, 4.69) is 22.9 Å². The van der Waals surface area contributed by atoms with Gasteiger partial charge in [0.1, 0.15) is 0 Å². The first-order valence-corrected chi connectivity index (χ1v) is 6.80. The Morgan fingerprint density at radius 2 is 2.38 bits per heavy atom. The summed E-state index contributed by atoms with van der Waals surface area (Å²) in [6.07, 6.45) is 1.95. The number of hydrogen-bond donors (Lipinski definition) is 1. The Kier molecular flexibility index (Phi) is 3.71. The zero-order chi connectivity index (χ0) is 11.5. The van der Waals surface area contributed by atoms with E-state index in [4.69, 9.17) is 5.73 Å². The van der Waals surface area contributed by atoms with Gasteiger partial charge in [0.15, 0.2) is 0 Å². The van der Waals surface area contributed by atoms with E-state index in [9.17, 15) is 0 Å². The van der Waals surface area contributed by atoms with Gasteiger partial charge in [0, 0.05) is 30.1 Å². The summed E-state index contributed by atoms with van der Waals surface area (Å²) in [5.41, 5.74) is 7.97. The first-order valence-electron chi connectivity index (χ1n) is 5.75. The summed E-state index contributed by atoms with van der Waals surface area (Å²) in [4.78, 5) is 6.81. The summed E-state index contributed by atoms with van der Waals surface area (Å²) in [6, 6.07) is 4.19. The third-order valence-corrected chi connectivity index (χ3v) is 3.98. The molecular formula is C12H19N3S. The number of pyridine rings is 1. The predicted octanol–water partition coefficient (Wildman–Crippen LogP) is 2.04. The maximum atomic E-state index is 5.78. The van der Waals surface area contributed by atoms with Crippen molar-refractivity contribution >= 4 is 17.4 Å². The number of nitrogens with zero attached hydrogens (tertiary/aromatic N) is 2. The highest BCUT2D eigenvalue weighted by atomic mass is 32.2. The van der Waals surface area contributed by atoms with Crippen LogP contribution < -0.4 is 10.6 Å². The average Bonchev–Trinajstić information content (AvgIpc) is 2.29. The molecule has 0 bridgehead atoms. The molecule has 0 radical (unpaired) electrons. The predicted molar refractivity (Wildman–Crippen MR) is 71.0 cm³/mol. The van der Waals surface area contributed by atoms with Crippen molar-refractivity contribution in [1.29, 1.82) is 0 Å². The molecule has 2 atom stereocenters. The van der Waals surface area contributed by atoms with E-state index >= 15 is 0 Å². The fraction of sp³-hybridized carbons (Fsp3) is 0.583. The summed E-state index contributed by atoms with van der Waals surface area (Å²) >= 11 is 2.04. The van der Waals surface area contributed by atoms with Gasteiger partial charge in [-0.15, -0.1) is 0 Å². The van der Waals surface area contributed by atoms with Crippen LogP contribution in [0.4, 0.5) is 5.69 Å². The van der Waals surface area contributed by atoms with Crippen LogP contribution >= 0.6 is 11.8 Å². The zero-order valence-electron chi connectivity index (χ0n) is 9.89. The van der Waals surface area contributed by atoms with Gasteiger partial charge < -0.3 is 10.6 Å². The van der Waals surface area contributed by atoms with Crippen LogP contribution in [0.1, 0.15) is 25.6 Å². The van der Waals surface area contributed by atoms with Crippen molar-refractivity contribution in [1.82, 2.24) is 4.98 Å². The Morgan fingerprint density at radius 3 is 2.94 bits per heavy atom. The largest absolute Gasteiger partial charge is 0.368 e. The van der Waals surface area contributed by atoms with Crippen LogP contribution in [0.2, 0.25) is 0 Å². The second-order valence-corrected chi connectivity index (χ2v) is 5.90. The van der Waals surface area contributed by atoms with Gasteiger partial charge in [-0.3, -0.25) is 4.98 Å². The van der Waals surface area contributed by atoms with E-state index in [0.717, 1.165) is 18.8 Å². The number of thioether (sulfide) groups is 1. The Bertz CT molecular complexity index is 337. The van der Waals surface area contributed by atoms with Crippen LogP contribution in [0.5, 0.6) is 0 Å². The minimum Gasteiger partial charge on any atom is -0.368 e. The van der Waals surface area contributed by atoms with E-state index in [1.807, 2.05) is 30.9 Å². The van der Waals surface area contributed by atoms with Crippen LogP contribution in [0.3, 0.4) is 0 Å². The lowest BCUT2D eigenvalue weighted by Crippen LogP contribution is -2.36. The summed E-state index contributed by atoms with van der Waals surface area (Å²) in [5, 5.41) is 0.710. The summed E-state index contributed by atoms with van der Waals surface area (Å²) in [5.74, 6) is 1.20. The van der Waals surface area contributed by atoms with Gasteiger partial charge in [0.2, 0.25) is 0 Å². The molecule has 1 fully saturated rings. The monoisotopic (exact) mass is 237 g/mol. The topological polar surface area (TPSA) is 42.1 Å². The third-order valence-electron chi connectivity index (χ3n) is 2.84. The molecule has 1 saturated heterocycles. The van der Waals surface area contributed by atoms with Crippen LogP contribution in [-0.2, 0) is 0 Å². The molecule has 0 amide bonds. The van der Waals surface area contributed by atoms with Gasteiger partial charge in [-0.25, -0.2) is 0 Å². The molecule has 2 N–H and O–H groups in total. The highest BCUT2D eigenvalue weighted by Gasteiger charge is 2.17. The average molecular weight is 237 g/mol. The van der Waals surface area contributed by atoms with E-state index < -0.39 is 0 Å². The minimum atomic E-state index is 0.0184. The molecule has 1 aliphatic heterocycles. The van der Waals surface area contributed by atoms with E-state index in [-0.39, 0.29) is 6.04 Å². The molecule has 2 unspecified atom stereocenters. The van der Waals surface area contributed by atoms with Gasteiger partial charge in [0.25, 0.3) is 0 Å². The number of hydrogen-bond acceptors (Lipinski definition) is 4. The molecule has 2 heterocycles. The lowest BCUT2D eigenvalue weighted by atomic mass is 10.2. The van der Waals surface area contributed by atoms with Crippen molar-refractivity contribution in [2.75, 3.05) is 23.7 Å². The van der Waals surface area contributed by atoms with Crippen molar-refractivity contribution in [2.45, 2.75) is 25.1 Å².